The van der Waals surface area contributed by atoms with E-state index in [4.69, 9.17) is 13.9 Å². The van der Waals surface area contributed by atoms with Crippen LogP contribution in [0.2, 0.25) is 0 Å². The molecule has 0 N–H and O–H groups in total. The van der Waals surface area contributed by atoms with Crippen LogP contribution >= 0.6 is 0 Å². The number of ether oxygens (including phenoxy) is 2. The molecular weight excluding hydrogens is 344 g/mol. The summed E-state index contributed by atoms with van der Waals surface area (Å²) >= 11 is 0. The van der Waals surface area contributed by atoms with Gasteiger partial charge in [-0.2, -0.15) is 0 Å². The average molecular weight is 364 g/mol. The van der Waals surface area contributed by atoms with Crippen molar-refractivity contribution in [2.45, 2.75) is 26.2 Å². The van der Waals surface area contributed by atoms with Gasteiger partial charge in [-0.1, -0.05) is 12.1 Å². The number of hydrogen-bond donors (Lipinski definition) is 0. The lowest BCUT2D eigenvalue weighted by Gasteiger charge is -2.12. The number of hydrogen-bond acceptors (Lipinski definition) is 5. The van der Waals surface area contributed by atoms with Gasteiger partial charge in [0.1, 0.15) is 17.1 Å². The fraction of sp³-hybridized carbons (Fsp3) is 0.273. The summed E-state index contributed by atoms with van der Waals surface area (Å²) in [4.78, 5) is 24.6. The highest BCUT2D eigenvalue weighted by atomic mass is 16.5. The molecule has 5 heteroatoms. The topological polar surface area (TPSA) is 65.7 Å². The van der Waals surface area contributed by atoms with E-state index in [2.05, 4.69) is 0 Å². The molecule has 0 saturated heterocycles. The van der Waals surface area contributed by atoms with E-state index in [0.717, 1.165) is 41.3 Å². The molecule has 0 bridgehead atoms. The summed E-state index contributed by atoms with van der Waals surface area (Å²) < 4.78 is 16.4. The number of carbonyl (C=O) groups is 1. The molecule has 2 aromatic carbocycles. The Hall–Kier alpha value is -3.08. The summed E-state index contributed by atoms with van der Waals surface area (Å²) in [6, 6.07) is 10.7. The Kier molecular flexibility index (Phi) is 4.44. The maximum absolute atomic E-state index is 12.4. The van der Waals surface area contributed by atoms with Crippen LogP contribution < -0.4 is 15.1 Å². The van der Waals surface area contributed by atoms with Crippen LogP contribution in [0, 0.1) is 6.92 Å². The fourth-order valence-corrected chi connectivity index (χ4v) is 3.64. The van der Waals surface area contributed by atoms with Gasteiger partial charge in [-0.05, 0) is 56.0 Å². The van der Waals surface area contributed by atoms with Crippen LogP contribution in [0.25, 0.3) is 11.0 Å². The lowest BCUT2D eigenvalue weighted by molar-refractivity contribution is 0.0921. The molecule has 27 heavy (non-hydrogen) atoms. The third kappa shape index (κ3) is 3.10. The fourth-order valence-electron chi connectivity index (χ4n) is 3.64. The number of methoxy groups -OCH3 is 1. The molecular formula is C22H20O5. The highest BCUT2D eigenvalue weighted by Crippen LogP contribution is 2.33. The lowest BCUT2D eigenvalue weighted by atomic mass is 10.0. The summed E-state index contributed by atoms with van der Waals surface area (Å²) in [6.07, 6.45) is 2.65. The first-order valence-corrected chi connectivity index (χ1v) is 8.96. The van der Waals surface area contributed by atoms with Crippen molar-refractivity contribution >= 4 is 16.8 Å². The summed E-state index contributed by atoms with van der Waals surface area (Å²) in [5.74, 6) is 1.02. The zero-order valence-electron chi connectivity index (χ0n) is 15.3. The zero-order chi connectivity index (χ0) is 19.0. The third-order valence-corrected chi connectivity index (χ3v) is 5.09. The van der Waals surface area contributed by atoms with Gasteiger partial charge < -0.3 is 13.9 Å². The van der Waals surface area contributed by atoms with E-state index < -0.39 is 0 Å². The number of fused-ring (bicyclic) bond motifs is 3. The molecule has 3 aromatic rings. The number of benzene rings is 2. The number of aryl methyl sites for hydroxylation is 2. The van der Waals surface area contributed by atoms with Gasteiger partial charge in [0.05, 0.1) is 7.11 Å². The Labute approximate surface area is 156 Å². The van der Waals surface area contributed by atoms with Gasteiger partial charge in [-0.25, -0.2) is 4.79 Å². The lowest BCUT2D eigenvalue weighted by Crippen LogP contribution is -2.13. The van der Waals surface area contributed by atoms with Crippen molar-refractivity contribution < 1.29 is 18.7 Å². The molecule has 0 fully saturated rings. The minimum absolute atomic E-state index is 0.102. The quantitative estimate of drug-likeness (QED) is 0.508. The monoisotopic (exact) mass is 364 g/mol. The summed E-state index contributed by atoms with van der Waals surface area (Å²) in [7, 11) is 1.56. The number of rotatable bonds is 5. The van der Waals surface area contributed by atoms with Crippen LogP contribution in [0.1, 0.15) is 33.5 Å². The van der Waals surface area contributed by atoms with Gasteiger partial charge >= 0.3 is 5.63 Å². The highest BCUT2D eigenvalue weighted by molar-refractivity contribution is 5.97. The van der Waals surface area contributed by atoms with Crippen molar-refractivity contribution in [1.29, 1.82) is 0 Å². The Morgan fingerprint density at radius 2 is 1.96 bits per heavy atom. The van der Waals surface area contributed by atoms with Gasteiger partial charge in [0, 0.05) is 22.1 Å². The number of Topliss-reactive ketones (excluding diaryl/α,β-unsaturated/α-hetero) is 1. The maximum atomic E-state index is 12.4. The molecule has 138 valence electrons. The predicted molar refractivity (Wildman–Crippen MR) is 102 cm³/mol. The molecule has 1 aliphatic rings. The first kappa shape index (κ1) is 17.3. The first-order valence-electron chi connectivity index (χ1n) is 8.96. The van der Waals surface area contributed by atoms with E-state index in [1.807, 2.05) is 19.1 Å². The van der Waals surface area contributed by atoms with E-state index in [1.165, 1.54) is 0 Å². The van der Waals surface area contributed by atoms with Crippen LogP contribution in [0.4, 0.5) is 0 Å². The van der Waals surface area contributed by atoms with E-state index in [0.29, 0.717) is 22.6 Å². The Bertz CT molecular complexity index is 1090. The standard InChI is InChI=1S/C22H20O5/c1-13-20(26-12-19(23)14-5-3-6-15(11-14)25-2)10-9-17-16-7-4-8-18(16)22(24)27-21(13)17/h3,5-6,9-11H,4,7-8,12H2,1-2H3. The molecule has 0 saturated carbocycles. The average Bonchev–Trinajstić information content (AvgIpc) is 3.19. The minimum Gasteiger partial charge on any atom is -0.497 e. The molecule has 1 aromatic heterocycles. The number of carbonyl (C=O) groups excluding carboxylic acids is 1. The largest absolute Gasteiger partial charge is 0.497 e. The second-order valence-corrected chi connectivity index (χ2v) is 6.71. The molecule has 0 atom stereocenters. The Balaban J connectivity index is 1.61. The predicted octanol–water partition coefficient (Wildman–Crippen LogP) is 3.86. The second kappa shape index (κ2) is 6.91. The van der Waals surface area contributed by atoms with Crippen LogP contribution in [0.15, 0.2) is 45.6 Å². The van der Waals surface area contributed by atoms with Gasteiger partial charge in [-0.15, -0.1) is 0 Å². The van der Waals surface area contributed by atoms with Crippen molar-refractivity contribution in [3.05, 3.63) is 69.1 Å². The van der Waals surface area contributed by atoms with Crippen molar-refractivity contribution in [1.82, 2.24) is 0 Å². The van der Waals surface area contributed by atoms with Crippen LogP contribution in [-0.2, 0) is 12.8 Å². The zero-order valence-corrected chi connectivity index (χ0v) is 15.3. The van der Waals surface area contributed by atoms with Crippen molar-refractivity contribution in [2.24, 2.45) is 0 Å². The molecule has 1 heterocycles. The Morgan fingerprint density at radius 1 is 1.15 bits per heavy atom. The van der Waals surface area contributed by atoms with E-state index in [9.17, 15) is 9.59 Å². The molecule has 0 amide bonds. The minimum atomic E-state index is -0.261. The normalized spacial score (nSPS) is 12.8. The van der Waals surface area contributed by atoms with Crippen LogP contribution in [0.3, 0.4) is 0 Å². The molecule has 1 aliphatic carbocycles. The van der Waals surface area contributed by atoms with Crippen LogP contribution in [-0.4, -0.2) is 19.5 Å². The summed E-state index contributed by atoms with van der Waals surface area (Å²) in [5.41, 5.74) is 3.43. The molecule has 5 nitrogen and oxygen atoms in total. The molecule has 0 aliphatic heterocycles. The second-order valence-electron chi connectivity index (χ2n) is 6.71. The molecule has 0 spiro atoms. The maximum Gasteiger partial charge on any atom is 0.339 e. The van der Waals surface area contributed by atoms with E-state index in [1.54, 1.807) is 31.4 Å². The van der Waals surface area contributed by atoms with Gasteiger partial charge in [0.15, 0.2) is 12.4 Å². The highest BCUT2D eigenvalue weighted by Gasteiger charge is 2.21. The van der Waals surface area contributed by atoms with Crippen molar-refractivity contribution in [2.75, 3.05) is 13.7 Å². The van der Waals surface area contributed by atoms with E-state index in [-0.39, 0.29) is 18.0 Å². The van der Waals surface area contributed by atoms with Gasteiger partial charge in [0.25, 0.3) is 0 Å². The number of ketones is 1. The third-order valence-electron chi connectivity index (χ3n) is 5.09. The van der Waals surface area contributed by atoms with Crippen molar-refractivity contribution in [3.63, 3.8) is 0 Å². The van der Waals surface area contributed by atoms with E-state index >= 15 is 0 Å². The van der Waals surface area contributed by atoms with Crippen LogP contribution in [0.5, 0.6) is 11.5 Å². The molecule has 0 radical (unpaired) electrons. The molecule has 4 rings (SSSR count). The Morgan fingerprint density at radius 3 is 2.78 bits per heavy atom. The van der Waals surface area contributed by atoms with Gasteiger partial charge in [-0.3, -0.25) is 4.79 Å². The smallest absolute Gasteiger partial charge is 0.339 e. The first-order chi connectivity index (χ1) is 13.1. The SMILES string of the molecule is COc1cccc(C(=O)COc2ccc3c4c(c(=O)oc3c2C)CCC4)c1. The van der Waals surface area contributed by atoms with Gasteiger partial charge in [0.2, 0.25) is 0 Å². The summed E-state index contributed by atoms with van der Waals surface area (Å²) in [5, 5.41) is 0.964. The summed E-state index contributed by atoms with van der Waals surface area (Å²) in [6.45, 7) is 1.74. The molecule has 0 unspecified atom stereocenters. The van der Waals surface area contributed by atoms with Crippen molar-refractivity contribution in [3.8, 4) is 11.5 Å².